The molecule has 0 saturated heterocycles. The Morgan fingerprint density at radius 3 is 2.40 bits per heavy atom. The van der Waals surface area contributed by atoms with E-state index >= 15 is 0 Å². The van der Waals surface area contributed by atoms with Gasteiger partial charge in [-0.2, -0.15) is 0 Å². The molecule has 0 aliphatic carbocycles. The average molecular weight is 142 g/mol. The summed E-state index contributed by atoms with van der Waals surface area (Å²) in [5.41, 5.74) is 0. The predicted octanol–water partition coefficient (Wildman–Crippen LogP) is -0.418. The van der Waals surface area contributed by atoms with Crippen LogP contribution in [0.5, 0.6) is 0 Å². The number of carbonyl (C=O) groups is 2. The summed E-state index contributed by atoms with van der Waals surface area (Å²) in [6.45, 7) is 0. The van der Waals surface area contributed by atoms with Gasteiger partial charge in [-0.15, -0.1) is 4.91 Å². The molecule has 0 radical (unpaired) electrons. The van der Waals surface area contributed by atoms with Crippen LogP contribution in [0.3, 0.4) is 0 Å². The van der Waals surface area contributed by atoms with Crippen molar-refractivity contribution in [2.75, 3.05) is 7.05 Å². The molecule has 0 aromatic carbocycles. The zero-order valence-corrected chi connectivity index (χ0v) is 5.33. The number of rotatable bonds is 2. The molecule has 1 N–H and O–H groups in total. The first-order valence-electron chi connectivity index (χ1n) is 2.48. The third kappa shape index (κ3) is 3.48. The summed E-state index contributed by atoms with van der Waals surface area (Å²) in [5, 5.41) is 4.26. The highest BCUT2D eigenvalue weighted by Crippen LogP contribution is 1.77. The Kier molecular flexibility index (Phi) is 3.70. The van der Waals surface area contributed by atoms with Crippen LogP contribution in [0.1, 0.15) is 0 Å². The van der Waals surface area contributed by atoms with Gasteiger partial charge in [-0.25, -0.2) is 0 Å². The Labute approximate surface area is 57.1 Å². The van der Waals surface area contributed by atoms with Gasteiger partial charge in [-0.1, -0.05) is 0 Å². The van der Waals surface area contributed by atoms with Crippen LogP contribution in [0.25, 0.3) is 0 Å². The van der Waals surface area contributed by atoms with Crippen LogP contribution >= 0.6 is 0 Å². The van der Waals surface area contributed by atoms with E-state index in [0.717, 1.165) is 12.2 Å². The van der Waals surface area contributed by atoms with E-state index in [1.165, 1.54) is 7.05 Å². The molecule has 2 amide bonds. The number of carbonyl (C=O) groups excluding carboxylic acids is 2. The molecule has 5 nitrogen and oxygen atoms in total. The molecule has 0 aromatic rings. The number of amides is 2. The largest absolute Gasteiger partial charge is 0.356 e. The second-order valence-electron chi connectivity index (χ2n) is 1.38. The molecule has 0 heterocycles. The zero-order chi connectivity index (χ0) is 7.98. The van der Waals surface area contributed by atoms with Gasteiger partial charge < -0.3 is 5.32 Å². The summed E-state index contributed by atoms with van der Waals surface area (Å²) < 4.78 is 0. The Morgan fingerprint density at radius 2 is 2.00 bits per heavy atom. The Balaban J connectivity index is 3.87. The molecule has 0 aliphatic heterocycles. The van der Waals surface area contributed by atoms with E-state index in [1.54, 1.807) is 0 Å². The molecule has 0 aromatic heterocycles. The number of likely N-dealkylation sites (N-methyl/N-ethyl adjacent to an activating group) is 1. The topological polar surface area (TPSA) is 75.6 Å². The van der Waals surface area contributed by atoms with Crippen LogP contribution in [0.4, 0.5) is 0 Å². The van der Waals surface area contributed by atoms with Crippen LogP contribution in [-0.4, -0.2) is 18.9 Å². The number of hydrogen-bond acceptors (Lipinski definition) is 3. The molecule has 54 valence electrons. The number of hydrogen-bond donors (Lipinski definition) is 1. The average Bonchev–Trinajstić information content (AvgIpc) is 1.99. The molecule has 0 atom stereocenters. The monoisotopic (exact) mass is 142 g/mol. The van der Waals surface area contributed by atoms with Gasteiger partial charge in [0.25, 0.3) is 0 Å². The van der Waals surface area contributed by atoms with Crippen LogP contribution in [0, 0.1) is 4.91 Å². The minimum atomic E-state index is -0.969. The number of nitrogens with one attached hydrogen (secondary N) is 1. The SMILES string of the molecule is CNC(=O)/C=C\C(=O)N=O. The van der Waals surface area contributed by atoms with Crippen molar-refractivity contribution in [3.63, 3.8) is 0 Å². The second kappa shape index (κ2) is 4.37. The van der Waals surface area contributed by atoms with Gasteiger partial charge in [0.2, 0.25) is 5.91 Å². The summed E-state index contributed by atoms with van der Waals surface area (Å²) in [6.07, 6.45) is 1.73. The molecular weight excluding hydrogens is 136 g/mol. The Hall–Kier alpha value is -1.52. The summed E-state index contributed by atoms with van der Waals surface area (Å²) in [5.74, 6) is -1.42. The molecule has 0 unspecified atom stereocenters. The van der Waals surface area contributed by atoms with Crippen molar-refractivity contribution < 1.29 is 9.59 Å². The van der Waals surface area contributed by atoms with Gasteiger partial charge in [0.05, 0.1) is 0 Å². The Morgan fingerprint density at radius 1 is 1.40 bits per heavy atom. The first-order valence-corrected chi connectivity index (χ1v) is 2.48. The van der Waals surface area contributed by atoms with E-state index in [1.807, 2.05) is 5.18 Å². The quantitative estimate of drug-likeness (QED) is 0.420. The van der Waals surface area contributed by atoms with Gasteiger partial charge in [-0.05, 0) is 0 Å². The summed E-state index contributed by atoms with van der Waals surface area (Å²) >= 11 is 0. The molecule has 10 heavy (non-hydrogen) atoms. The van der Waals surface area contributed by atoms with Gasteiger partial charge in [0, 0.05) is 24.4 Å². The number of nitrogens with zero attached hydrogens (tertiary/aromatic N) is 1. The smallest absolute Gasteiger partial charge is 0.309 e. The van der Waals surface area contributed by atoms with Gasteiger partial charge in [0.1, 0.15) is 0 Å². The maximum Gasteiger partial charge on any atom is 0.309 e. The Bertz CT molecular complexity index is 185. The first kappa shape index (κ1) is 8.48. The fourth-order valence-corrected chi connectivity index (χ4v) is 0.261. The second-order valence-corrected chi connectivity index (χ2v) is 1.38. The minimum absolute atomic E-state index is 0.447. The van der Waals surface area contributed by atoms with Crippen LogP contribution in [0.2, 0.25) is 0 Å². The maximum atomic E-state index is 10.3. The van der Waals surface area contributed by atoms with E-state index in [0.29, 0.717) is 0 Å². The summed E-state index contributed by atoms with van der Waals surface area (Å²) in [7, 11) is 1.41. The van der Waals surface area contributed by atoms with Crippen molar-refractivity contribution in [1.82, 2.24) is 5.32 Å². The molecule has 0 bridgehead atoms. The predicted molar refractivity (Wildman–Crippen MR) is 34.0 cm³/mol. The fourth-order valence-electron chi connectivity index (χ4n) is 0.261. The lowest BCUT2D eigenvalue weighted by molar-refractivity contribution is -0.117. The standard InChI is InChI=1S/C5H6N2O3/c1-6-4(8)2-3-5(9)7-10/h2-3H,1H3,(H,6,8)/b3-2-. The lowest BCUT2D eigenvalue weighted by Gasteiger charge is -1.85. The molecular formula is C5H6N2O3. The minimum Gasteiger partial charge on any atom is -0.356 e. The maximum absolute atomic E-state index is 10.3. The van der Waals surface area contributed by atoms with Crippen LogP contribution in [-0.2, 0) is 9.59 Å². The fraction of sp³-hybridized carbons (Fsp3) is 0.200. The molecule has 0 aliphatic rings. The van der Waals surface area contributed by atoms with Crippen molar-refractivity contribution in [3.8, 4) is 0 Å². The van der Waals surface area contributed by atoms with E-state index < -0.39 is 11.8 Å². The lowest BCUT2D eigenvalue weighted by Crippen LogP contribution is -2.14. The van der Waals surface area contributed by atoms with Gasteiger partial charge in [-0.3, -0.25) is 9.59 Å². The van der Waals surface area contributed by atoms with Crippen molar-refractivity contribution >= 4 is 11.8 Å². The van der Waals surface area contributed by atoms with Crippen molar-refractivity contribution in [2.45, 2.75) is 0 Å². The lowest BCUT2D eigenvalue weighted by atomic mass is 10.4. The first-order chi connectivity index (χ1) is 4.70. The molecule has 0 spiro atoms. The van der Waals surface area contributed by atoms with E-state index in [4.69, 9.17) is 0 Å². The van der Waals surface area contributed by atoms with E-state index in [2.05, 4.69) is 5.32 Å². The zero-order valence-electron chi connectivity index (χ0n) is 5.33. The number of nitroso groups, excluding NO2 is 1. The molecule has 0 saturated carbocycles. The summed E-state index contributed by atoms with van der Waals surface area (Å²) in [4.78, 5) is 29.8. The summed E-state index contributed by atoms with van der Waals surface area (Å²) in [6, 6.07) is 0. The normalized spacial score (nSPS) is 9.30. The van der Waals surface area contributed by atoms with E-state index in [9.17, 15) is 14.5 Å². The highest BCUT2D eigenvalue weighted by atomic mass is 16.3. The van der Waals surface area contributed by atoms with E-state index in [-0.39, 0.29) is 0 Å². The van der Waals surface area contributed by atoms with Crippen molar-refractivity contribution in [2.24, 2.45) is 5.18 Å². The highest BCUT2D eigenvalue weighted by Gasteiger charge is 1.93. The molecule has 0 rings (SSSR count). The highest BCUT2D eigenvalue weighted by molar-refractivity contribution is 5.96. The van der Waals surface area contributed by atoms with Gasteiger partial charge >= 0.3 is 5.91 Å². The third-order valence-electron chi connectivity index (χ3n) is 0.714. The van der Waals surface area contributed by atoms with Crippen molar-refractivity contribution in [3.05, 3.63) is 17.1 Å². The third-order valence-corrected chi connectivity index (χ3v) is 0.714. The molecule has 5 heteroatoms. The van der Waals surface area contributed by atoms with Crippen LogP contribution in [0.15, 0.2) is 17.3 Å². The molecule has 0 fully saturated rings. The van der Waals surface area contributed by atoms with Crippen molar-refractivity contribution in [1.29, 1.82) is 0 Å². The van der Waals surface area contributed by atoms with Gasteiger partial charge in [0.15, 0.2) is 0 Å². The van der Waals surface area contributed by atoms with Crippen LogP contribution < -0.4 is 5.32 Å².